The van der Waals surface area contributed by atoms with Gasteiger partial charge in [-0.1, -0.05) is 40.5 Å². The van der Waals surface area contributed by atoms with Gasteiger partial charge in [0, 0.05) is 0 Å². The molecule has 6 atom stereocenters. The number of rotatable bonds is 2. The van der Waals surface area contributed by atoms with E-state index in [1.807, 2.05) is 0 Å². The summed E-state index contributed by atoms with van der Waals surface area (Å²) in [6.45, 7) is 9.90. The van der Waals surface area contributed by atoms with Crippen LogP contribution in [0.4, 0.5) is 0 Å². The fourth-order valence-electron chi connectivity index (χ4n) is 4.55. The molecule has 0 N–H and O–H groups in total. The summed E-state index contributed by atoms with van der Waals surface area (Å²) in [5.41, 5.74) is 0. The summed E-state index contributed by atoms with van der Waals surface area (Å²) in [4.78, 5) is 0. The normalized spacial score (nSPS) is 48.0. The molecular weight excluding hydrogens is 204 g/mol. The lowest BCUT2D eigenvalue weighted by atomic mass is 9.67. The van der Waals surface area contributed by atoms with Gasteiger partial charge < -0.3 is 0 Å². The zero-order valence-electron chi connectivity index (χ0n) is 12.4. The zero-order valence-corrected chi connectivity index (χ0v) is 12.4. The van der Waals surface area contributed by atoms with Gasteiger partial charge in [-0.3, -0.25) is 0 Å². The Labute approximate surface area is 109 Å². The second-order valence-electron chi connectivity index (χ2n) is 7.55. The summed E-state index contributed by atoms with van der Waals surface area (Å²) in [5.74, 6) is 6.06. The molecule has 0 aliphatic heterocycles. The molecule has 2 aliphatic rings. The highest BCUT2D eigenvalue weighted by atomic mass is 14.4. The molecule has 0 nitrogen and oxygen atoms in total. The van der Waals surface area contributed by atoms with E-state index in [0.29, 0.717) is 0 Å². The van der Waals surface area contributed by atoms with Crippen LogP contribution in [0.15, 0.2) is 0 Å². The van der Waals surface area contributed by atoms with Gasteiger partial charge in [0.1, 0.15) is 0 Å². The minimum absolute atomic E-state index is 0.991. The van der Waals surface area contributed by atoms with Crippen molar-refractivity contribution < 1.29 is 0 Å². The summed E-state index contributed by atoms with van der Waals surface area (Å²) in [6.07, 6.45) is 10.5. The van der Waals surface area contributed by atoms with Gasteiger partial charge in [-0.25, -0.2) is 0 Å². The van der Waals surface area contributed by atoms with Crippen LogP contribution in [0.1, 0.15) is 72.6 Å². The molecule has 0 heterocycles. The molecule has 100 valence electrons. The van der Waals surface area contributed by atoms with Crippen molar-refractivity contribution in [1.82, 2.24) is 0 Å². The van der Waals surface area contributed by atoms with Crippen LogP contribution in [0.3, 0.4) is 0 Å². The van der Waals surface area contributed by atoms with Crippen molar-refractivity contribution in [1.29, 1.82) is 0 Å². The fraction of sp³-hybridized carbons (Fsp3) is 1.00. The third kappa shape index (κ3) is 3.48. The molecule has 2 aliphatic carbocycles. The molecule has 0 aromatic rings. The second-order valence-corrected chi connectivity index (χ2v) is 7.55. The van der Waals surface area contributed by atoms with Crippen molar-refractivity contribution in [2.45, 2.75) is 72.6 Å². The highest BCUT2D eigenvalue weighted by Crippen LogP contribution is 2.42. The van der Waals surface area contributed by atoms with Crippen LogP contribution in [0, 0.1) is 35.5 Å². The van der Waals surface area contributed by atoms with Crippen molar-refractivity contribution in [2.24, 2.45) is 35.5 Å². The maximum atomic E-state index is 2.51. The first kappa shape index (κ1) is 13.4. The second kappa shape index (κ2) is 5.76. The van der Waals surface area contributed by atoms with Crippen LogP contribution < -0.4 is 0 Å². The Morgan fingerprint density at radius 3 is 1.41 bits per heavy atom. The highest BCUT2D eigenvalue weighted by Gasteiger charge is 2.31. The van der Waals surface area contributed by atoms with Crippen molar-refractivity contribution in [3.63, 3.8) is 0 Å². The molecule has 2 fully saturated rings. The topological polar surface area (TPSA) is 0 Å². The molecule has 0 spiro atoms. The minimum atomic E-state index is 0.991. The Morgan fingerprint density at radius 2 is 1.06 bits per heavy atom. The van der Waals surface area contributed by atoms with E-state index < -0.39 is 0 Å². The van der Waals surface area contributed by atoms with Gasteiger partial charge in [-0.05, 0) is 67.6 Å². The predicted octanol–water partition coefficient (Wildman–Crippen LogP) is 5.52. The van der Waals surface area contributed by atoms with E-state index in [-0.39, 0.29) is 0 Å². The Kier molecular flexibility index (Phi) is 4.55. The van der Waals surface area contributed by atoms with Crippen LogP contribution >= 0.6 is 0 Å². The Hall–Kier alpha value is 0. The molecule has 17 heavy (non-hydrogen) atoms. The van der Waals surface area contributed by atoms with Crippen molar-refractivity contribution in [3.8, 4) is 0 Å². The molecule has 0 radical (unpaired) electrons. The van der Waals surface area contributed by atoms with Gasteiger partial charge >= 0.3 is 0 Å². The third-order valence-corrected chi connectivity index (χ3v) is 5.82. The maximum Gasteiger partial charge on any atom is -0.0386 e. The average Bonchev–Trinajstić information content (AvgIpc) is 2.25. The Bertz CT molecular complexity index is 208. The largest absolute Gasteiger partial charge is 0.0625 e. The lowest BCUT2D eigenvalue weighted by molar-refractivity contribution is 0.119. The van der Waals surface area contributed by atoms with E-state index in [0.717, 1.165) is 35.5 Å². The van der Waals surface area contributed by atoms with Gasteiger partial charge in [0.05, 0.1) is 0 Å². The molecule has 2 rings (SSSR count). The first-order valence-electron chi connectivity index (χ1n) is 8.06. The van der Waals surface area contributed by atoms with Crippen LogP contribution in [0.25, 0.3) is 0 Å². The molecule has 0 amide bonds. The Balaban J connectivity index is 1.84. The smallest absolute Gasteiger partial charge is 0.0386 e. The van der Waals surface area contributed by atoms with Crippen LogP contribution in [0.2, 0.25) is 0 Å². The summed E-state index contributed by atoms with van der Waals surface area (Å²) in [5, 5.41) is 0. The zero-order chi connectivity index (χ0) is 12.4. The van der Waals surface area contributed by atoms with E-state index in [4.69, 9.17) is 0 Å². The van der Waals surface area contributed by atoms with Gasteiger partial charge in [0.2, 0.25) is 0 Å². The maximum absolute atomic E-state index is 2.51. The quantitative estimate of drug-likeness (QED) is 0.592. The highest BCUT2D eigenvalue weighted by molar-refractivity contribution is 4.82. The van der Waals surface area contributed by atoms with Crippen molar-refractivity contribution >= 4 is 0 Å². The molecular formula is C17H32. The van der Waals surface area contributed by atoms with E-state index in [1.54, 1.807) is 6.42 Å². The molecule has 6 unspecified atom stereocenters. The molecule has 2 saturated carbocycles. The Morgan fingerprint density at radius 1 is 0.647 bits per heavy atom. The van der Waals surface area contributed by atoms with Gasteiger partial charge in [-0.15, -0.1) is 0 Å². The SMILES string of the molecule is CC1CCC(CC2CCC(C)CC2C)C(C)C1. The molecule has 0 aromatic carbocycles. The molecule has 0 aromatic heterocycles. The molecule has 0 bridgehead atoms. The average molecular weight is 236 g/mol. The van der Waals surface area contributed by atoms with Crippen LogP contribution in [-0.2, 0) is 0 Å². The summed E-state index contributed by atoms with van der Waals surface area (Å²) in [6, 6.07) is 0. The van der Waals surface area contributed by atoms with Gasteiger partial charge in [0.15, 0.2) is 0 Å². The molecule has 0 saturated heterocycles. The first-order valence-corrected chi connectivity index (χ1v) is 8.06. The summed E-state index contributed by atoms with van der Waals surface area (Å²) >= 11 is 0. The number of hydrogen-bond acceptors (Lipinski definition) is 0. The standard InChI is InChI=1S/C17H32/c1-12-5-7-16(14(3)9-12)11-17-8-6-13(2)10-15(17)4/h12-17H,5-11H2,1-4H3. The predicted molar refractivity (Wildman–Crippen MR) is 76.0 cm³/mol. The fourth-order valence-corrected chi connectivity index (χ4v) is 4.55. The monoisotopic (exact) mass is 236 g/mol. The van der Waals surface area contributed by atoms with E-state index >= 15 is 0 Å². The van der Waals surface area contributed by atoms with E-state index in [1.165, 1.54) is 38.5 Å². The van der Waals surface area contributed by atoms with Gasteiger partial charge in [-0.2, -0.15) is 0 Å². The summed E-state index contributed by atoms with van der Waals surface area (Å²) in [7, 11) is 0. The van der Waals surface area contributed by atoms with Crippen molar-refractivity contribution in [2.75, 3.05) is 0 Å². The minimum Gasteiger partial charge on any atom is -0.0625 e. The van der Waals surface area contributed by atoms with E-state index in [2.05, 4.69) is 27.7 Å². The third-order valence-electron chi connectivity index (χ3n) is 5.82. The molecule has 0 heteroatoms. The summed E-state index contributed by atoms with van der Waals surface area (Å²) < 4.78 is 0. The van der Waals surface area contributed by atoms with Gasteiger partial charge in [0.25, 0.3) is 0 Å². The van der Waals surface area contributed by atoms with Crippen molar-refractivity contribution in [3.05, 3.63) is 0 Å². The van der Waals surface area contributed by atoms with E-state index in [9.17, 15) is 0 Å². The lowest BCUT2D eigenvalue weighted by Gasteiger charge is -2.39. The van der Waals surface area contributed by atoms with Crippen LogP contribution in [0.5, 0.6) is 0 Å². The first-order chi connectivity index (χ1) is 8.06. The lowest BCUT2D eigenvalue weighted by Crippen LogP contribution is -2.28. The van der Waals surface area contributed by atoms with Crippen LogP contribution in [-0.4, -0.2) is 0 Å². The number of hydrogen-bond donors (Lipinski definition) is 0.